The molecule has 1 saturated carbocycles. The molecule has 2 aliphatic heterocycles. The van der Waals surface area contributed by atoms with Crippen molar-refractivity contribution in [1.82, 2.24) is 14.4 Å². The highest BCUT2D eigenvalue weighted by molar-refractivity contribution is 5.99. The number of carboxylic acids is 1. The molecule has 6 rings (SSSR count). The molecule has 1 atom stereocenters. The van der Waals surface area contributed by atoms with Crippen molar-refractivity contribution in [2.24, 2.45) is 5.92 Å². The van der Waals surface area contributed by atoms with Crippen LogP contribution in [-0.4, -0.2) is 78.2 Å². The summed E-state index contributed by atoms with van der Waals surface area (Å²) in [6, 6.07) is 12.7. The van der Waals surface area contributed by atoms with E-state index in [0.717, 1.165) is 57.6 Å². The lowest BCUT2D eigenvalue weighted by Crippen LogP contribution is -2.42. The van der Waals surface area contributed by atoms with Gasteiger partial charge < -0.3 is 24.4 Å². The first-order valence-electron chi connectivity index (χ1n) is 16.0. The normalized spacial score (nSPS) is 19.8. The fourth-order valence-corrected chi connectivity index (χ4v) is 7.73. The summed E-state index contributed by atoms with van der Waals surface area (Å²) in [7, 11) is 3.70. The van der Waals surface area contributed by atoms with Crippen molar-refractivity contribution in [3.05, 3.63) is 53.1 Å². The Morgan fingerprint density at radius 2 is 1.74 bits per heavy atom. The van der Waals surface area contributed by atoms with Crippen LogP contribution in [-0.2, 0) is 11.3 Å². The maximum atomic E-state index is 12.4. The van der Waals surface area contributed by atoms with Crippen LogP contribution in [0.4, 0.5) is 5.69 Å². The first-order valence-corrected chi connectivity index (χ1v) is 16.0. The number of carbonyl (C=O) groups is 2. The van der Waals surface area contributed by atoms with E-state index in [2.05, 4.69) is 45.6 Å². The van der Waals surface area contributed by atoms with E-state index in [1.54, 1.807) is 11.0 Å². The predicted molar refractivity (Wildman–Crippen MR) is 170 cm³/mol. The van der Waals surface area contributed by atoms with Gasteiger partial charge in [0, 0.05) is 75.4 Å². The lowest BCUT2D eigenvalue weighted by molar-refractivity contribution is -0.130. The summed E-state index contributed by atoms with van der Waals surface area (Å²) in [5, 5.41) is 11.1. The standard InChI is InChI=1S/C35H46N4O3/c1-24-11-13-29-30(20-24)38(17-16-37-15-7-8-25(23-37)21-32(40)36(2)3)18-19-39-31-22-27(35(41)42)12-14-28(31)33(34(29)39)26-9-5-4-6-10-26/h11-14,20,22,25-26H,4-10,15-19,21,23H2,1-3H3,(H,41,42)/t25-/m0/s1. The van der Waals surface area contributed by atoms with E-state index in [1.165, 1.54) is 65.6 Å². The van der Waals surface area contributed by atoms with Gasteiger partial charge in [0.25, 0.3) is 0 Å². The lowest BCUT2D eigenvalue weighted by Gasteiger charge is -2.35. The number of aromatic nitrogens is 1. The van der Waals surface area contributed by atoms with Crippen LogP contribution in [0, 0.1) is 12.8 Å². The van der Waals surface area contributed by atoms with Gasteiger partial charge in [-0.1, -0.05) is 37.5 Å². The molecule has 7 nitrogen and oxygen atoms in total. The smallest absolute Gasteiger partial charge is 0.335 e. The number of aromatic carboxylic acids is 1. The minimum absolute atomic E-state index is 0.229. The monoisotopic (exact) mass is 570 g/mol. The van der Waals surface area contributed by atoms with Crippen LogP contribution < -0.4 is 4.90 Å². The number of amides is 1. The maximum Gasteiger partial charge on any atom is 0.335 e. The maximum absolute atomic E-state index is 12.4. The highest BCUT2D eigenvalue weighted by atomic mass is 16.4. The summed E-state index contributed by atoms with van der Waals surface area (Å²) in [6.07, 6.45) is 9.13. The molecule has 0 bridgehead atoms. The molecule has 0 spiro atoms. The molecule has 1 N–H and O–H groups in total. The van der Waals surface area contributed by atoms with Crippen LogP contribution in [0.1, 0.15) is 78.8 Å². The van der Waals surface area contributed by atoms with Crippen molar-refractivity contribution >= 4 is 28.5 Å². The van der Waals surface area contributed by atoms with Crippen molar-refractivity contribution in [2.45, 2.75) is 70.8 Å². The van der Waals surface area contributed by atoms with Crippen LogP contribution in [0.25, 0.3) is 22.2 Å². The first kappa shape index (κ1) is 28.8. The number of carbonyl (C=O) groups excluding carboxylic acids is 1. The van der Waals surface area contributed by atoms with Crippen LogP contribution >= 0.6 is 0 Å². The van der Waals surface area contributed by atoms with Gasteiger partial charge in [-0.2, -0.15) is 0 Å². The fourth-order valence-electron chi connectivity index (χ4n) is 7.73. The third kappa shape index (κ3) is 5.68. The zero-order valence-electron chi connectivity index (χ0n) is 25.6. The molecule has 1 aliphatic carbocycles. The molecule has 3 aliphatic rings. The molecular weight excluding hydrogens is 524 g/mol. The summed E-state index contributed by atoms with van der Waals surface area (Å²) in [5.41, 5.74) is 7.98. The fraction of sp³-hybridized carbons (Fsp3) is 0.543. The number of nitrogens with zero attached hydrogens (tertiary/aromatic N) is 4. The van der Waals surface area contributed by atoms with Crippen molar-refractivity contribution < 1.29 is 14.7 Å². The van der Waals surface area contributed by atoms with Crippen LogP contribution in [0.5, 0.6) is 0 Å². The Kier molecular flexibility index (Phi) is 8.30. The Labute approximate surface area is 250 Å². The molecule has 1 aromatic heterocycles. The van der Waals surface area contributed by atoms with Gasteiger partial charge in [-0.15, -0.1) is 0 Å². The average Bonchev–Trinajstić information content (AvgIpc) is 3.22. The first-order chi connectivity index (χ1) is 20.3. The topological polar surface area (TPSA) is 69.0 Å². The minimum Gasteiger partial charge on any atom is -0.478 e. The van der Waals surface area contributed by atoms with Crippen LogP contribution in [0.3, 0.4) is 0 Å². The second kappa shape index (κ2) is 12.1. The summed E-state index contributed by atoms with van der Waals surface area (Å²) in [6.45, 7) is 7.89. The van der Waals surface area contributed by atoms with Crippen molar-refractivity contribution in [1.29, 1.82) is 0 Å². The summed E-state index contributed by atoms with van der Waals surface area (Å²) in [5.74, 6) is 0.294. The Morgan fingerprint density at radius 3 is 2.50 bits per heavy atom. The van der Waals surface area contributed by atoms with Crippen molar-refractivity contribution in [3.63, 3.8) is 0 Å². The molecule has 1 saturated heterocycles. The number of fused-ring (bicyclic) bond motifs is 5. The van der Waals surface area contributed by atoms with E-state index < -0.39 is 5.97 Å². The van der Waals surface area contributed by atoms with E-state index in [4.69, 9.17) is 0 Å². The average molecular weight is 571 g/mol. The van der Waals surface area contributed by atoms with Gasteiger partial charge in [0.15, 0.2) is 0 Å². The third-order valence-electron chi connectivity index (χ3n) is 9.96. The molecule has 0 unspecified atom stereocenters. The zero-order valence-corrected chi connectivity index (χ0v) is 25.6. The molecule has 3 heterocycles. The predicted octanol–water partition coefficient (Wildman–Crippen LogP) is 6.37. The number of carboxylic acid groups (broad SMARTS) is 1. The molecule has 224 valence electrons. The molecule has 3 aromatic rings. The van der Waals surface area contributed by atoms with Crippen molar-refractivity contribution in [2.75, 3.05) is 51.7 Å². The zero-order chi connectivity index (χ0) is 29.4. The van der Waals surface area contributed by atoms with E-state index in [-0.39, 0.29) is 5.91 Å². The Hall–Kier alpha value is -3.32. The van der Waals surface area contributed by atoms with Gasteiger partial charge in [0.05, 0.1) is 11.3 Å². The molecule has 2 aromatic carbocycles. The Bertz CT molecular complexity index is 1470. The van der Waals surface area contributed by atoms with Crippen LogP contribution in [0.15, 0.2) is 36.4 Å². The van der Waals surface area contributed by atoms with E-state index in [0.29, 0.717) is 23.8 Å². The minimum atomic E-state index is -0.870. The van der Waals surface area contributed by atoms with Gasteiger partial charge in [-0.05, 0) is 80.3 Å². The van der Waals surface area contributed by atoms with Crippen LogP contribution in [0.2, 0.25) is 0 Å². The largest absolute Gasteiger partial charge is 0.478 e. The van der Waals surface area contributed by atoms with Gasteiger partial charge in [0.2, 0.25) is 5.91 Å². The number of anilines is 1. The highest BCUT2D eigenvalue weighted by Gasteiger charge is 2.31. The summed E-state index contributed by atoms with van der Waals surface area (Å²) < 4.78 is 2.43. The number of hydrogen-bond acceptors (Lipinski definition) is 4. The number of benzene rings is 2. The van der Waals surface area contributed by atoms with E-state index >= 15 is 0 Å². The highest BCUT2D eigenvalue weighted by Crippen LogP contribution is 2.47. The molecule has 1 amide bonds. The third-order valence-corrected chi connectivity index (χ3v) is 9.96. The lowest BCUT2D eigenvalue weighted by atomic mass is 9.81. The number of hydrogen-bond donors (Lipinski definition) is 1. The van der Waals surface area contributed by atoms with Gasteiger partial charge in [-0.3, -0.25) is 4.79 Å². The quantitative estimate of drug-likeness (QED) is 0.357. The summed E-state index contributed by atoms with van der Waals surface area (Å²) in [4.78, 5) is 31.2. The van der Waals surface area contributed by atoms with E-state index in [9.17, 15) is 14.7 Å². The SMILES string of the molecule is Cc1ccc2c(c1)N(CCN1CCC[C@@H](CC(=O)N(C)C)C1)CCn1c-2c(C2CCCCC2)c2ccc(C(=O)O)cc21. The number of likely N-dealkylation sites (tertiary alicyclic amines) is 1. The Balaban J connectivity index is 1.34. The molecule has 2 fully saturated rings. The number of piperidine rings is 1. The Morgan fingerprint density at radius 1 is 0.929 bits per heavy atom. The second-order valence-corrected chi connectivity index (χ2v) is 13.1. The van der Waals surface area contributed by atoms with Gasteiger partial charge in [-0.25, -0.2) is 4.79 Å². The summed E-state index contributed by atoms with van der Waals surface area (Å²) >= 11 is 0. The molecule has 7 heteroatoms. The number of aryl methyl sites for hydroxylation is 1. The molecule has 0 radical (unpaired) electrons. The van der Waals surface area contributed by atoms with Gasteiger partial charge in [0.1, 0.15) is 0 Å². The number of rotatable bonds is 7. The van der Waals surface area contributed by atoms with E-state index in [1.807, 2.05) is 20.2 Å². The molecular formula is C35H46N4O3. The second-order valence-electron chi connectivity index (χ2n) is 13.1. The van der Waals surface area contributed by atoms with Crippen molar-refractivity contribution in [3.8, 4) is 11.3 Å². The molecule has 42 heavy (non-hydrogen) atoms. The van der Waals surface area contributed by atoms with Gasteiger partial charge >= 0.3 is 5.97 Å².